The Morgan fingerprint density at radius 1 is 1.17 bits per heavy atom. The van der Waals surface area contributed by atoms with E-state index in [1.807, 2.05) is 0 Å². The Balaban J connectivity index is 3.97. The molecule has 2 N–H and O–H groups in total. The lowest BCUT2D eigenvalue weighted by Crippen LogP contribution is -2.04. The number of nitrogens with zero attached hydrogens (tertiary/aromatic N) is 1. The summed E-state index contributed by atoms with van der Waals surface area (Å²) in [5, 5.41) is 0. The fourth-order valence-electron chi connectivity index (χ4n) is 0.349. The molecule has 0 atom stereocenters. The maximum atomic E-state index is 10.0. The molecule has 72 valence electrons. The molecule has 0 aromatic rings. The summed E-state index contributed by atoms with van der Waals surface area (Å²) >= 11 is 0. The summed E-state index contributed by atoms with van der Waals surface area (Å²) in [5.41, 5.74) is 0. The van der Waals surface area contributed by atoms with Gasteiger partial charge in [0.1, 0.15) is 0 Å². The standard InChI is InChI=1S/C3H7NO6S2/c5-11(6,7)3-1-2-4-12(8,9)10/h2H,1,3H2,(H,5,6,7)(H,8,9,10). The van der Waals surface area contributed by atoms with Crippen LogP contribution in [-0.4, -0.2) is 37.9 Å². The number of rotatable bonds is 4. The molecule has 0 aliphatic heterocycles. The lowest BCUT2D eigenvalue weighted by atomic mass is 10.5. The second-order valence-electron chi connectivity index (χ2n) is 1.81. The first kappa shape index (κ1) is 11.5. The Kier molecular flexibility index (Phi) is 3.77. The van der Waals surface area contributed by atoms with Crippen LogP contribution >= 0.6 is 0 Å². The molecule has 12 heavy (non-hydrogen) atoms. The molecule has 0 aliphatic rings. The topological polar surface area (TPSA) is 121 Å². The summed E-state index contributed by atoms with van der Waals surface area (Å²) in [6.07, 6.45) is 0.404. The monoisotopic (exact) mass is 217 g/mol. The second kappa shape index (κ2) is 3.94. The molecule has 9 heteroatoms. The first-order chi connectivity index (χ1) is 5.21. The highest BCUT2D eigenvalue weighted by atomic mass is 32.2. The largest absolute Gasteiger partial charge is 0.378 e. The fourth-order valence-corrected chi connectivity index (χ4v) is 1.05. The Labute approximate surface area is 69.8 Å². The van der Waals surface area contributed by atoms with Gasteiger partial charge in [-0.05, 0) is 6.42 Å². The van der Waals surface area contributed by atoms with Gasteiger partial charge in [-0.3, -0.25) is 9.11 Å². The third kappa shape index (κ3) is 9.49. The van der Waals surface area contributed by atoms with E-state index >= 15 is 0 Å². The molecular formula is C3H7NO6S2. The second-order valence-corrected chi connectivity index (χ2v) is 4.49. The van der Waals surface area contributed by atoms with E-state index in [0.717, 1.165) is 0 Å². The zero-order chi connectivity index (χ0) is 9.83. The molecule has 0 spiro atoms. The van der Waals surface area contributed by atoms with Crippen molar-refractivity contribution in [1.29, 1.82) is 0 Å². The highest BCUT2D eigenvalue weighted by Gasteiger charge is 2.02. The normalized spacial score (nSPS) is 13.8. The average Bonchev–Trinajstić information content (AvgIpc) is 1.76. The van der Waals surface area contributed by atoms with Gasteiger partial charge >= 0.3 is 10.3 Å². The first-order valence-corrected chi connectivity index (χ1v) is 5.68. The van der Waals surface area contributed by atoms with Crippen molar-refractivity contribution < 1.29 is 25.9 Å². The minimum absolute atomic E-state index is 0.279. The van der Waals surface area contributed by atoms with E-state index < -0.39 is 26.2 Å². The lowest BCUT2D eigenvalue weighted by Gasteiger charge is -1.89. The average molecular weight is 217 g/mol. The van der Waals surface area contributed by atoms with Gasteiger partial charge in [-0.2, -0.15) is 21.2 Å². The molecule has 0 saturated heterocycles. The molecule has 0 aromatic heterocycles. The molecule has 0 aromatic carbocycles. The van der Waals surface area contributed by atoms with Crippen molar-refractivity contribution in [1.82, 2.24) is 0 Å². The van der Waals surface area contributed by atoms with Crippen LogP contribution in [0.1, 0.15) is 6.42 Å². The van der Waals surface area contributed by atoms with Crippen LogP contribution in [0, 0.1) is 0 Å². The van der Waals surface area contributed by atoms with Gasteiger partial charge in [0.15, 0.2) is 0 Å². The Bertz CT molecular complexity index is 350. The van der Waals surface area contributed by atoms with Crippen LogP contribution in [0.15, 0.2) is 4.40 Å². The van der Waals surface area contributed by atoms with Crippen LogP contribution in [0.2, 0.25) is 0 Å². The molecule has 0 bridgehead atoms. The molecule has 0 saturated carbocycles. The van der Waals surface area contributed by atoms with Gasteiger partial charge in [0, 0.05) is 6.21 Å². The molecular weight excluding hydrogens is 210 g/mol. The third-order valence-corrected chi connectivity index (χ3v) is 1.88. The van der Waals surface area contributed by atoms with Crippen LogP contribution < -0.4 is 0 Å². The zero-order valence-corrected chi connectivity index (χ0v) is 7.42. The van der Waals surface area contributed by atoms with E-state index in [-0.39, 0.29) is 6.42 Å². The van der Waals surface area contributed by atoms with E-state index in [4.69, 9.17) is 9.11 Å². The minimum atomic E-state index is -4.45. The minimum Gasteiger partial charge on any atom is -0.286 e. The summed E-state index contributed by atoms with van der Waals surface area (Å²) in [4.78, 5) is 0. The lowest BCUT2D eigenvalue weighted by molar-refractivity contribution is 0.481. The Morgan fingerprint density at radius 2 is 1.67 bits per heavy atom. The van der Waals surface area contributed by atoms with Crippen LogP contribution in [0.25, 0.3) is 0 Å². The van der Waals surface area contributed by atoms with Crippen LogP contribution in [0.4, 0.5) is 0 Å². The summed E-state index contributed by atoms with van der Waals surface area (Å²) in [6.45, 7) is 0. The predicted octanol–water partition coefficient (Wildman–Crippen LogP) is -0.862. The van der Waals surface area contributed by atoms with Crippen LogP contribution in [0.3, 0.4) is 0 Å². The maximum Gasteiger partial charge on any atom is 0.378 e. The predicted molar refractivity (Wildman–Crippen MR) is 41.1 cm³/mol. The molecule has 0 unspecified atom stereocenters. The molecule has 7 nitrogen and oxygen atoms in total. The number of hydrogen-bond acceptors (Lipinski definition) is 4. The van der Waals surface area contributed by atoms with Gasteiger partial charge < -0.3 is 0 Å². The molecule has 0 heterocycles. The molecule has 0 fully saturated rings. The molecule has 0 aliphatic carbocycles. The quantitative estimate of drug-likeness (QED) is 0.466. The fraction of sp³-hybridized carbons (Fsp3) is 0.667. The maximum absolute atomic E-state index is 10.0. The Morgan fingerprint density at radius 3 is 2.00 bits per heavy atom. The van der Waals surface area contributed by atoms with E-state index in [9.17, 15) is 16.8 Å². The van der Waals surface area contributed by atoms with Crippen molar-refractivity contribution in [3.8, 4) is 0 Å². The van der Waals surface area contributed by atoms with Crippen molar-refractivity contribution in [2.24, 2.45) is 4.40 Å². The highest BCUT2D eigenvalue weighted by molar-refractivity contribution is 7.85. The SMILES string of the molecule is O=S(=O)(O)CCC=NS(=O)(=O)O. The van der Waals surface area contributed by atoms with Gasteiger partial charge in [0.25, 0.3) is 10.1 Å². The van der Waals surface area contributed by atoms with E-state index in [1.165, 1.54) is 0 Å². The summed E-state index contributed by atoms with van der Waals surface area (Å²) in [6, 6.07) is 0. The van der Waals surface area contributed by atoms with Gasteiger partial charge in [0.2, 0.25) is 0 Å². The zero-order valence-electron chi connectivity index (χ0n) is 5.78. The van der Waals surface area contributed by atoms with E-state index in [0.29, 0.717) is 6.21 Å². The van der Waals surface area contributed by atoms with Crippen molar-refractivity contribution in [3.63, 3.8) is 0 Å². The van der Waals surface area contributed by atoms with Crippen LogP contribution in [-0.2, 0) is 20.4 Å². The van der Waals surface area contributed by atoms with Crippen LogP contribution in [0.5, 0.6) is 0 Å². The molecule has 0 rings (SSSR count). The number of hydrogen-bond donors (Lipinski definition) is 2. The van der Waals surface area contributed by atoms with Gasteiger partial charge in [-0.25, -0.2) is 0 Å². The van der Waals surface area contributed by atoms with Crippen molar-refractivity contribution in [2.45, 2.75) is 6.42 Å². The summed E-state index contributed by atoms with van der Waals surface area (Å²) in [5.74, 6) is -0.633. The summed E-state index contributed by atoms with van der Waals surface area (Å²) in [7, 11) is -8.56. The molecule has 0 amide bonds. The third-order valence-electron chi connectivity index (χ3n) is 0.713. The first-order valence-electron chi connectivity index (χ1n) is 2.67. The molecule has 0 radical (unpaired) electrons. The smallest absolute Gasteiger partial charge is 0.286 e. The van der Waals surface area contributed by atoms with Gasteiger partial charge in [-0.15, -0.1) is 0 Å². The van der Waals surface area contributed by atoms with Gasteiger partial charge in [-0.1, -0.05) is 0 Å². The Hall–Kier alpha value is -0.510. The highest BCUT2D eigenvalue weighted by Crippen LogP contribution is 1.87. The van der Waals surface area contributed by atoms with E-state index in [1.54, 1.807) is 0 Å². The van der Waals surface area contributed by atoms with Gasteiger partial charge in [0.05, 0.1) is 5.75 Å². The van der Waals surface area contributed by atoms with E-state index in [2.05, 4.69) is 4.40 Å². The van der Waals surface area contributed by atoms with Crippen molar-refractivity contribution in [3.05, 3.63) is 0 Å². The summed E-state index contributed by atoms with van der Waals surface area (Å²) < 4.78 is 58.6. The van der Waals surface area contributed by atoms with Crippen molar-refractivity contribution >= 4 is 26.6 Å². The van der Waals surface area contributed by atoms with Crippen molar-refractivity contribution in [2.75, 3.05) is 5.75 Å².